The molecule has 0 aliphatic rings. The summed E-state index contributed by atoms with van der Waals surface area (Å²) in [5, 5.41) is 2.52. The summed E-state index contributed by atoms with van der Waals surface area (Å²) in [7, 11) is 1.67. The van der Waals surface area contributed by atoms with Gasteiger partial charge in [0.1, 0.15) is 11.3 Å². The zero-order valence-corrected chi connectivity index (χ0v) is 10.4. The molecule has 0 aliphatic heterocycles. The van der Waals surface area contributed by atoms with Crippen molar-refractivity contribution in [3.63, 3.8) is 0 Å². The molecule has 1 aromatic rings. The standard InChI is InChI=1S/C11H17N3O3/c1-11(2,3)17-10(16)13-7-5-8(9(12)15)14(4)6-7/h5-6H,1-4H3,(H2,12,15)(H,13,16). The number of nitrogens with one attached hydrogen (secondary N) is 1. The SMILES string of the molecule is Cn1cc(NC(=O)OC(C)(C)C)cc1C(N)=O. The molecule has 0 aromatic carbocycles. The van der Waals surface area contributed by atoms with E-state index in [2.05, 4.69) is 5.32 Å². The zero-order chi connectivity index (χ0) is 13.2. The highest BCUT2D eigenvalue weighted by Gasteiger charge is 2.17. The molecular weight excluding hydrogens is 222 g/mol. The van der Waals surface area contributed by atoms with E-state index in [0.29, 0.717) is 11.4 Å². The monoisotopic (exact) mass is 239 g/mol. The lowest BCUT2D eigenvalue weighted by molar-refractivity contribution is 0.0635. The van der Waals surface area contributed by atoms with Crippen molar-refractivity contribution >= 4 is 17.7 Å². The van der Waals surface area contributed by atoms with Crippen LogP contribution in [0.15, 0.2) is 12.3 Å². The van der Waals surface area contributed by atoms with Gasteiger partial charge >= 0.3 is 6.09 Å². The number of rotatable bonds is 2. The predicted molar refractivity (Wildman–Crippen MR) is 63.8 cm³/mol. The minimum atomic E-state index is -0.570. The quantitative estimate of drug-likeness (QED) is 0.819. The van der Waals surface area contributed by atoms with Gasteiger partial charge in [-0.05, 0) is 26.8 Å². The molecule has 0 saturated carbocycles. The lowest BCUT2D eigenvalue weighted by Crippen LogP contribution is -2.27. The van der Waals surface area contributed by atoms with Crippen LogP contribution in [0.4, 0.5) is 10.5 Å². The first kappa shape index (κ1) is 13.1. The topological polar surface area (TPSA) is 86.3 Å². The molecule has 0 radical (unpaired) electrons. The number of carbonyl (C=O) groups excluding carboxylic acids is 2. The fourth-order valence-electron chi connectivity index (χ4n) is 1.30. The number of amides is 2. The van der Waals surface area contributed by atoms with Crippen LogP contribution in [0.2, 0.25) is 0 Å². The number of aromatic nitrogens is 1. The van der Waals surface area contributed by atoms with Gasteiger partial charge in [0.25, 0.3) is 5.91 Å². The molecule has 0 saturated heterocycles. The summed E-state index contributed by atoms with van der Waals surface area (Å²) in [6, 6.07) is 1.49. The normalized spacial score (nSPS) is 11.1. The minimum absolute atomic E-state index is 0.316. The minimum Gasteiger partial charge on any atom is -0.444 e. The van der Waals surface area contributed by atoms with Gasteiger partial charge in [0.05, 0.1) is 5.69 Å². The molecule has 0 fully saturated rings. The van der Waals surface area contributed by atoms with E-state index in [9.17, 15) is 9.59 Å². The largest absolute Gasteiger partial charge is 0.444 e. The molecule has 1 heterocycles. The first-order chi connectivity index (χ1) is 7.69. The van der Waals surface area contributed by atoms with Gasteiger partial charge in [0.15, 0.2) is 0 Å². The van der Waals surface area contributed by atoms with E-state index in [1.54, 1.807) is 34.0 Å². The number of nitrogens with two attached hydrogens (primary N) is 1. The van der Waals surface area contributed by atoms with E-state index in [0.717, 1.165) is 0 Å². The summed E-state index contributed by atoms with van der Waals surface area (Å²) in [5.41, 5.74) is 5.38. The van der Waals surface area contributed by atoms with Crippen molar-refractivity contribution in [1.82, 2.24) is 4.57 Å². The number of carbonyl (C=O) groups is 2. The second-order valence-corrected chi connectivity index (χ2v) is 4.72. The number of primary amides is 1. The van der Waals surface area contributed by atoms with E-state index in [-0.39, 0.29) is 0 Å². The van der Waals surface area contributed by atoms with Gasteiger partial charge in [-0.3, -0.25) is 10.1 Å². The van der Waals surface area contributed by atoms with Crippen molar-refractivity contribution < 1.29 is 14.3 Å². The van der Waals surface area contributed by atoms with E-state index in [1.807, 2.05) is 0 Å². The maximum atomic E-state index is 11.5. The molecule has 94 valence electrons. The zero-order valence-electron chi connectivity index (χ0n) is 10.4. The Morgan fingerprint density at radius 3 is 2.41 bits per heavy atom. The number of ether oxygens (including phenoxy) is 1. The first-order valence-electron chi connectivity index (χ1n) is 5.15. The molecule has 0 spiro atoms. The third-order valence-corrected chi connectivity index (χ3v) is 1.90. The first-order valence-corrected chi connectivity index (χ1v) is 5.15. The Morgan fingerprint density at radius 2 is 2.00 bits per heavy atom. The van der Waals surface area contributed by atoms with Crippen molar-refractivity contribution in [2.75, 3.05) is 5.32 Å². The van der Waals surface area contributed by atoms with Crippen molar-refractivity contribution in [3.8, 4) is 0 Å². The smallest absolute Gasteiger partial charge is 0.412 e. The Hall–Kier alpha value is -1.98. The molecule has 6 nitrogen and oxygen atoms in total. The van der Waals surface area contributed by atoms with Crippen LogP contribution in [0.5, 0.6) is 0 Å². The molecule has 0 bridgehead atoms. The highest BCUT2D eigenvalue weighted by atomic mass is 16.6. The van der Waals surface area contributed by atoms with Gasteiger partial charge < -0.3 is 15.0 Å². The second-order valence-electron chi connectivity index (χ2n) is 4.72. The van der Waals surface area contributed by atoms with E-state index >= 15 is 0 Å². The van der Waals surface area contributed by atoms with Gasteiger partial charge in [-0.1, -0.05) is 0 Å². The molecule has 17 heavy (non-hydrogen) atoms. The Bertz CT molecular complexity index is 443. The van der Waals surface area contributed by atoms with Crippen LogP contribution in [0.1, 0.15) is 31.3 Å². The Kier molecular flexibility index (Phi) is 3.45. The van der Waals surface area contributed by atoms with Gasteiger partial charge in [0, 0.05) is 13.2 Å². The van der Waals surface area contributed by atoms with Crippen LogP contribution in [0, 0.1) is 0 Å². The van der Waals surface area contributed by atoms with Crippen molar-refractivity contribution in [3.05, 3.63) is 18.0 Å². The van der Waals surface area contributed by atoms with Crippen LogP contribution in [-0.4, -0.2) is 22.2 Å². The third kappa shape index (κ3) is 3.82. The van der Waals surface area contributed by atoms with Crippen molar-refractivity contribution in [2.24, 2.45) is 12.8 Å². The number of nitrogens with zero attached hydrogens (tertiary/aromatic N) is 1. The number of hydrogen-bond acceptors (Lipinski definition) is 3. The molecule has 1 rings (SSSR count). The van der Waals surface area contributed by atoms with Gasteiger partial charge in [-0.2, -0.15) is 0 Å². The average molecular weight is 239 g/mol. The lowest BCUT2D eigenvalue weighted by atomic mass is 10.2. The van der Waals surface area contributed by atoms with Gasteiger partial charge in [-0.15, -0.1) is 0 Å². The van der Waals surface area contributed by atoms with Crippen LogP contribution in [0.25, 0.3) is 0 Å². The average Bonchev–Trinajstić information content (AvgIpc) is 2.42. The molecule has 0 aliphatic carbocycles. The highest BCUT2D eigenvalue weighted by molar-refractivity contribution is 5.94. The van der Waals surface area contributed by atoms with Gasteiger partial charge in [0.2, 0.25) is 0 Å². The van der Waals surface area contributed by atoms with E-state index in [4.69, 9.17) is 10.5 Å². The maximum absolute atomic E-state index is 11.5. The highest BCUT2D eigenvalue weighted by Crippen LogP contribution is 2.14. The van der Waals surface area contributed by atoms with Crippen LogP contribution >= 0.6 is 0 Å². The fourth-order valence-corrected chi connectivity index (χ4v) is 1.30. The summed E-state index contributed by atoms with van der Waals surface area (Å²) >= 11 is 0. The predicted octanol–water partition coefficient (Wildman–Crippen LogP) is 1.47. The van der Waals surface area contributed by atoms with Crippen LogP contribution < -0.4 is 11.1 Å². The summed E-state index contributed by atoms with van der Waals surface area (Å²) < 4.78 is 6.61. The Morgan fingerprint density at radius 1 is 1.41 bits per heavy atom. The van der Waals surface area contributed by atoms with Crippen molar-refractivity contribution in [2.45, 2.75) is 26.4 Å². The molecule has 0 atom stereocenters. The van der Waals surface area contributed by atoms with Gasteiger partial charge in [-0.25, -0.2) is 4.79 Å². The summed E-state index contributed by atoms with van der Waals surface area (Å²) in [6.45, 7) is 5.31. The third-order valence-electron chi connectivity index (χ3n) is 1.90. The Labute approximate surface area is 99.7 Å². The molecule has 1 aromatic heterocycles. The summed E-state index contributed by atoms with van der Waals surface area (Å²) in [6.07, 6.45) is 1.02. The van der Waals surface area contributed by atoms with Crippen LogP contribution in [-0.2, 0) is 11.8 Å². The molecular formula is C11H17N3O3. The summed E-state index contributed by atoms with van der Waals surface area (Å²) in [4.78, 5) is 22.5. The molecule has 6 heteroatoms. The maximum Gasteiger partial charge on any atom is 0.412 e. The van der Waals surface area contributed by atoms with E-state index in [1.165, 1.54) is 10.6 Å². The Balaban J connectivity index is 2.73. The number of hydrogen-bond donors (Lipinski definition) is 2. The molecule has 2 amide bonds. The molecule has 0 unspecified atom stereocenters. The number of anilines is 1. The number of aryl methyl sites for hydroxylation is 1. The lowest BCUT2D eigenvalue weighted by Gasteiger charge is -2.19. The van der Waals surface area contributed by atoms with E-state index < -0.39 is 17.6 Å². The molecule has 3 N–H and O–H groups in total. The van der Waals surface area contributed by atoms with Crippen LogP contribution in [0.3, 0.4) is 0 Å². The van der Waals surface area contributed by atoms with Crippen molar-refractivity contribution in [1.29, 1.82) is 0 Å². The second kappa shape index (κ2) is 4.48. The fraction of sp³-hybridized carbons (Fsp3) is 0.455. The summed E-state index contributed by atoms with van der Waals surface area (Å²) in [5.74, 6) is -0.551.